The Morgan fingerprint density at radius 2 is 2.00 bits per heavy atom. The molecule has 5 rings (SSSR count). The second kappa shape index (κ2) is 6.02. The number of carbonyl (C=O) groups excluding carboxylic acids is 2. The number of carbonyl (C=O) groups is 2. The molecule has 1 fully saturated rings. The van der Waals surface area contributed by atoms with E-state index in [1.54, 1.807) is 35.4 Å². The van der Waals surface area contributed by atoms with Gasteiger partial charge < -0.3 is 9.64 Å². The number of esters is 1. The fourth-order valence-electron chi connectivity index (χ4n) is 4.16. The van der Waals surface area contributed by atoms with Crippen molar-refractivity contribution in [2.24, 2.45) is 0 Å². The number of hydrogen-bond donors (Lipinski definition) is 0. The molecule has 0 N–H and O–H groups in total. The summed E-state index contributed by atoms with van der Waals surface area (Å²) < 4.78 is 5.43. The predicted molar refractivity (Wildman–Crippen MR) is 98.9 cm³/mol. The number of ether oxygens (including phenoxy) is 1. The molecule has 3 aliphatic heterocycles. The van der Waals surface area contributed by atoms with Crippen LogP contribution in [0.2, 0.25) is 5.15 Å². The standard InChI is InChI=1S/C19H13ClN4O5/c20-14-6-5-11(9-21-14)10-22-7-8-23-16(22)15(24(27)28)19(18(23)26)13-4-2-1-3-12(13)17(25)29-19/h1-6,9H,7-8,10H2. The Balaban J connectivity index is 1.66. The number of amides is 1. The summed E-state index contributed by atoms with van der Waals surface area (Å²) in [7, 11) is 0. The zero-order valence-corrected chi connectivity index (χ0v) is 15.6. The van der Waals surface area contributed by atoms with Crippen LogP contribution in [0.25, 0.3) is 0 Å². The number of benzene rings is 1. The van der Waals surface area contributed by atoms with Gasteiger partial charge in [-0.1, -0.05) is 35.9 Å². The van der Waals surface area contributed by atoms with Crippen molar-refractivity contribution < 1.29 is 19.2 Å². The minimum atomic E-state index is -2.05. The lowest BCUT2D eigenvalue weighted by Gasteiger charge is -2.21. The Morgan fingerprint density at radius 1 is 1.21 bits per heavy atom. The molecule has 1 spiro atoms. The highest BCUT2D eigenvalue weighted by molar-refractivity contribution is 6.29. The van der Waals surface area contributed by atoms with Crippen molar-refractivity contribution in [2.45, 2.75) is 12.1 Å². The van der Waals surface area contributed by atoms with Crippen molar-refractivity contribution >= 4 is 23.5 Å². The van der Waals surface area contributed by atoms with E-state index in [9.17, 15) is 19.7 Å². The van der Waals surface area contributed by atoms with E-state index < -0.39 is 28.1 Å². The van der Waals surface area contributed by atoms with Crippen LogP contribution in [0.15, 0.2) is 54.1 Å². The third-order valence-electron chi connectivity index (χ3n) is 5.36. The van der Waals surface area contributed by atoms with Crippen molar-refractivity contribution in [2.75, 3.05) is 13.1 Å². The lowest BCUT2D eigenvalue weighted by Crippen LogP contribution is -2.42. The van der Waals surface area contributed by atoms with E-state index in [1.807, 2.05) is 0 Å². The summed E-state index contributed by atoms with van der Waals surface area (Å²) in [5.41, 5.74) is -1.33. The van der Waals surface area contributed by atoms with Gasteiger partial charge in [0, 0.05) is 31.4 Å². The Kier molecular flexibility index (Phi) is 3.66. The van der Waals surface area contributed by atoms with Gasteiger partial charge in [0.1, 0.15) is 5.15 Å². The monoisotopic (exact) mass is 412 g/mol. The van der Waals surface area contributed by atoms with Crippen LogP contribution in [0, 0.1) is 10.1 Å². The first-order chi connectivity index (χ1) is 13.9. The highest BCUT2D eigenvalue weighted by Gasteiger charge is 2.69. The Morgan fingerprint density at radius 3 is 2.72 bits per heavy atom. The van der Waals surface area contributed by atoms with Crippen LogP contribution in [0.4, 0.5) is 0 Å². The van der Waals surface area contributed by atoms with Crippen LogP contribution < -0.4 is 0 Å². The van der Waals surface area contributed by atoms with Gasteiger partial charge in [0.2, 0.25) is 0 Å². The van der Waals surface area contributed by atoms with E-state index in [-0.39, 0.29) is 23.5 Å². The van der Waals surface area contributed by atoms with Crippen molar-refractivity contribution in [3.05, 3.63) is 86.1 Å². The smallest absolute Gasteiger partial charge is 0.344 e. The maximum absolute atomic E-state index is 13.3. The normalized spacial score (nSPS) is 22.4. The van der Waals surface area contributed by atoms with E-state index in [1.165, 1.54) is 17.0 Å². The van der Waals surface area contributed by atoms with Crippen molar-refractivity contribution in [3.63, 3.8) is 0 Å². The summed E-state index contributed by atoms with van der Waals surface area (Å²) in [6.45, 7) is 0.965. The Hall–Kier alpha value is -3.46. The van der Waals surface area contributed by atoms with Crippen molar-refractivity contribution in [3.8, 4) is 0 Å². The highest BCUT2D eigenvalue weighted by atomic mass is 35.5. The molecule has 1 aromatic heterocycles. The third-order valence-corrected chi connectivity index (χ3v) is 5.58. The summed E-state index contributed by atoms with van der Waals surface area (Å²) in [6, 6.07) is 9.67. The first-order valence-corrected chi connectivity index (χ1v) is 9.20. The molecule has 0 bridgehead atoms. The first kappa shape index (κ1) is 17.6. The second-order valence-corrected chi connectivity index (χ2v) is 7.30. The molecular weight excluding hydrogens is 400 g/mol. The van der Waals surface area contributed by atoms with Gasteiger partial charge in [-0.2, -0.15) is 0 Å². The zero-order chi connectivity index (χ0) is 20.3. The van der Waals surface area contributed by atoms with E-state index in [2.05, 4.69) is 4.98 Å². The minimum absolute atomic E-state index is 0.152. The zero-order valence-electron chi connectivity index (χ0n) is 14.9. The first-order valence-electron chi connectivity index (χ1n) is 8.83. The van der Waals surface area contributed by atoms with Crippen LogP contribution in [0.1, 0.15) is 21.5 Å². The van der Waals surface area contributed by atoms with Gasteiger partial charge in [-0.3, -0.25) is 19.8 Å². The molecule has 1 aromatic carbocycles. The average molecular weight is 413 g/mol. The van der Waals surface area contributed by atoms with Crippen molar-refractivity contribution in [1.29, 1.82) is 0 Å². The highest BCUT2D eigenvalue weighted by Crippen LogP contribution is 2.51. The number of fused-ring (bicyclic) bond motifs is 3. The molecule has 29 heavy (non-hydrogen) atoms. The van der Waals surface area contributed by atoms with Gasteiger partial charge in [0.05, 0.1) is 10.5 Å². The number of nitro groups is 1. The average Bonchev–Trinajstić information content (AvgIpc) is 3.31. The van der Waals surface area contributed by atoms with Gasteiger partial charge in [0.25, 0.3) is 5.91 Å². The molecule has 9 nitrogen and oxygen atoms in total. The van der Waals surface area contributed by atoms with Gasteiger partial charge in [0.15, 0.2) is 5.82 Å². The number of nitrogens with zero attached hydrogens (tertiary/aromatic N) is 4. The molecule has 1 atom stereocenters. The van der Waals surface area contributed by atoms with E-state index in [4.69, 9.17) is 16.3 Å². The van der Waals surface area contributed by atoms with E-state index in [0.29, 0.717) is 18.2 Å². The Bertz CT molecular complexity index is 1120. The fourth-order valence-corrected chi connectivity index (χ4v) is 4.28. The maximum atomic E-state index is 13.3. The molecule has 1 unspecified atom stereocenters. The van der Waals surface area contributed by atoms with Gasteiger partial charge >= 0.3 is 17.3 Å². The lowest BCUT2D eigenvalue weighted by molar-refractivity contribution is -0.442. The Labute approximate surface area is 169 Å². The van der Waals surface area contributed by atoms with E-state index >= 15 is 0 Å². The number of hydrogen-bond acceptors (Lipinski definition) is 7. The molecule has 4 heterocycles. The summed E-state index contributed by atoms with van der Waals surface area (Å²) in [6.07, 6.45) is 1.58. The molecule has 146 valence electrons. The van der Waals surface area contributed by atoms with Gasteiger partial charge in [-0.05, 0) is 17.7 Å². The quantitative estimate of drug-likeness (QED) is 0.328. The molecule has 2 aromatic rings. The summed E-state index contributed by atoms with van der Waals surface area (Å²) in [4.78, 5) is 44.3. The fraction of sp³-hybridized carbons (Fsp3) is 0.211. The van der Waals surface area contributed by atoms with Crippen LogP contribution >= 0.6 is 11.6 Å². The molecule has 1 saturated heterocycles. The lowest BCUT2D eigenvalue weighted by atomic mass is 9.90. The van der Waals surface area contributed by atoms with Crippen LogP contribution in [-0.4, -0.2) is 44.7 Å². The molecule has 1 amide bonds. The number of rotatable bonds is 3. The molecule has 0 radical (unpaired) electrons. The number of aromatic nitrogens is 1. The minimum Gasteiger partial charge on any atom is -0.428 e. The van der Waals surface area contributed by atoms with Crippen LogP contribution in [0.5, 0.6) is 0 Å². The second-order valence-electron chi connectivity index (χ2n) is 6.91. The summed E-state index contributed by atoms with van der Waals surface area (Å²) in [5, 5.41) is 12.5. The summed E-state index contributed by atoms with van der Waals surface area (Å²) >= 11 is 5.82. The van der Waals surface area contributed by atoms with Gasteiger partial charge in [-0.25, -0.2) is 9.78 Å². The van der Waals surface area contributed by atoms with Crippen LogP contribution in [0.3, 0.4) is 0 Å². The van der Waals surface area contributed by atoms with Gasteiger partial charge in [-0.15, -0.1) is 0 Å². The SMILES string of the molecule is O=C1OC2(C(=O)N3CCN(Cc4ccc(Cl)nc4)C3=C2[N+](=O)[O-])c2ccccc21. The maximum Gasteiger partial charge on any atom is 0.344 e. The number of halogens is 1. The molecule has 0 saturated carbocycles. The molecule has 10 heteroatoms. The van der Waals surface area contributed by atoms with Crippen molar-refractivity contribution in [1.82, 2.24) is 14.8 Å². The number of pyridine rings is 1. The molecule has 3 aliphatic rings. The topological polar surface area (TPSA) is 106 Å². The van der Waals surface area contributed by atoms with E-state index in [0.717, 1.165) is 5.56 Å². The predicted octanol–water partition coefficient (Wildman–Crippen LogP) is 1.90. The molecular formula is C19H13ClN4O5. The van der Waals surface area contributed by atoms with Crippen LogP contribution in [-0.2, 0) is 21.7 Å². The molecule has 0 aliphatic carbocycles. The third kappa shape index (κ3) is 2.31. The largest absolute Gasteiger partial charge is 0.428 e. The summed E-state index contributed by atoms with van der Waals surface area (Å²) in [5.74, 6) is -1.21.